The summed E-state index contributed by atoms with van der Waals surface area (Å²) in [5.41, 5.74) is 3.43. The monoisotopic (exact) mass is 315 g/mol. The molecule has 0 bridgehead atoms. The molecule has 1 heterocycles. The Morgan fingerprint density at radius 3 is 2.69 bits per heavy atom. The molecule has 0 saturated carbocycles. The van der Waals surface area contributed by atoms with Crippen LogP contribution in [-0.2, 0) is 6.54 Å². The zero-order chi connectivity index (χ0) is 11.5. The van der Waals surface area contributed by atoms with Gasteiger partial charge >= 0.3 is 0 Å². The summed E-state index contributed by atoms with van der Waals surface area (Å²) in [7, 11) is 1.93. The fraction of sp³-hybridized carbons (Fsp3) is 0.167. The van der Waals surface area contributed by atoms with Crippen LogP contribution < -0.4 is 5.32 Å². The van der Waals surface area contributed by atoms with Gasteiger partial charge in [-0.05, 0) is 40.0 Å². The van der Waals surface area contributed by atoms with Crippen LogP contribution in [0.25, 0.3) is 11.1 Å². The summed E-state index contributed by atoms with van der Waals surface area (Å²) in [6.45, 7) is 0.838. The Morgan fingerprint density at radius 2 is 2.12 bits per heavy atom. The Bertz CT molecular complexity index is 496. The van der Waals surface area contributed by atoms with Gasteiger partial charge in [0.25, 0.3) is 0 Å². The van der Waals surface area contributed by atoms with E-state index in [0.717, 1.165) is 27.2 Å². The second-order valence-corrected chi connectivity index (χ2v) is 5.48. The van der Waals surface area contributed by atoms with Gasteiger partial charge in [-0.25, -0.2) is 0 Å². The van der Waals surface area contributed by atoms with Gasteiger partial charge in [0.2, 0.25) is 0 Å². The molecule has 1 aromatic heterocycles. The van der Waals surface area contributed by atoms with Crippen molar-refractivity contribution in [2.45, 2.75) is 6.54 Å². The molecule has 0 aliphatic rings. The summed E-state index contributed by atoms with van der Waals surface area (Å²) in [4.78, 5) is 0. The molecule has 2 aromatic rings. The molecule has 0 aliphatic heterocycles. The first-order valence-electron chi connectivity index (χ1n) is 4.87. The molecule has 0 amide bonds. The normalized spacial score (nSPS) is 10.7. The predicted octanol–water partition coefficient (Wildman–Crippen LogP) is 4.55. The molecular formula is C12H11BrClNS. The molecule has 0 radical (unpaired) electrons. The molecule has 0 fully saturated rings. The fourth-order valence-corrected chi connectivity index (χ4v) is 3.38. The van der Waals surface area contributed by atoms with E-state index < -0.39 is 0 Å². The molecule has 0 spiro atoms. The van der Waals surface area contributed by atoms with E-state index in [1.165, 1.54) is 5.56 Å². The third-order valence-electron chi connectivity index (χ3n) is 2.32. The first-order chi connectivity index (χ1) is 7.72. The molecule has 1 aromatic carbocycles. The van der Waals surface area contributed by atoms with Crippen LogP contribution in [0.2, 0.25) is 5.02 Å². The second-order valence-electron chi connectivity index (χ2n) is 3.48. The van der Waals surface area contributed by atoms with Crippen LogP contribution in [0.15, 0.2) is 33.4 Å². The highest BCUT2D eigenvalue weighted by Gasteiger charge is 2.08. The van der Waals surface area contributed by atoms with Gasteiger partial charge in [0, 0.05) is 32.5 Å². The molecular weight excluding hydrogens is 306 g/mol. The van der Waals surface area contributed by atoms with Crippen molar-refractivity contribution in [3.05, 3.63) is 44.0 Å². The highest BCUT2D eigenvalue weighted by Crippen LogP contribution is 2.36. The fourth-order valence-electron chi connectivity index (χ4n) is 1.56. The molecule has 0 aliphatic carbocycles. The summed E-state index contributed by atoms with van der Waals surface area (Å²) in [5.74, 6) is 0. The van der Waals surface area contributed by atoms with Crippen molar-refractivity contribution in [2.24, 2.45) is 0 Å². The topological polar surface area (TPSA) is 12.0 Å². The van der Waals surface area contributed by atoms with Crippen LogP contribution in [0.1, 0.15) is 5.56 Å². The van der Waals surface area contributed by atoms with Crippen LogP contribution in [-0.4, -0.2) is 7.05 Å². The lowest BCUT2D eigenvalue weighted by atomic mass is 10.1. The number of hydrogen-bond acceptors (Lipinski definition) is 2. The maximum absolute atomic E-state index is 6.28. The van der Waals surface area contributed by atoms with Crippen molar-refractivity contribution in [1.82, 2.24) is 5.32 Å². The van der Waals surface area contributed by atoms with E-state index in [1.54, 1.807) is 11.3 Å². The van der Waals surface area contributed by atoms with Crippen molar-refractivity contribution < 1.29 is 0 Å². The summed E-state index contributed by atoms with van der Waals surface area (Å²) in [6.07, 6.45) is 0. The minimum Gasteiger partial charge on any atom is -0.316 e. The summed E-state index contributed by atoms with van der Waals surface area (Å²) < 4.78 is 1.10. The Labute approximate surface area is 113 Å². The van der Waals surface area contributed by atoms with E-state index in [-0.39, 0.29) is 0 Å². The van der Waals surface area contributed by atoms with Crippen LogP contribution in [0.4, 0.5) is 0 Å². The molecule has 84 valence electrons. The molecule has 1 N–H and O–H groups in total. The lowest BCUT2D eigenvalue weighted by molar-refractivity contribution is 0.818. The van der Waals surface area contributed by atoms with E-state index in [0.29, 0.717) is 0 Å². The summed E-state index contributed by atoms with van der Waals surface area (Å²) in [6, 6.07) is 6.18. The minimum absolute atomic E-state index is 0.798. The van der Waals surface area contributed by atoms with Crippen LogP contribution >= 0.6 is 38.9 Å². The smallest absolute Gasteiger partial charge is 0.0488 e. The largest absolute Gasteiger partial charge is 0.316 e. The standard InChI is InChI=1S/C12H11BrClNS/c1-15-5-8-2-3-9(12(14)4-8)10-6-16-7-11(10)13/h2-4,6-7,15H,5H2,1H3. The average molecular weight is 317 g/mol. The van der Waals surface area contributed by atoms with Gasteiger partial charge in [0.1, 0.15) is 0 Å². The Balaban J connectivity index is 2.40. The van der Waals surface area contributed by atoms with Crippen molar-refractivity contribution >= 4 is 38.9 Å². The van der Waals surface area contributed by atoms with Gasteiger partial charge in [0.15, 0.2) is 0 Å². The van der Waals surface area contributed by atoms with Crippen molar-refractivity contribution in [3.8, 4) is 11.1 Å². The lowest BCUT2D eigenvalue weighted by Gasteiger charge is -2.06. The first-order valence-corrected chi connectivity index (χ1v) is 6.99. The number of rotatable bonds is 3. The van der Waals surface area contributed by atoms with Crippen molar-refractivity contribution in [1.29, 1.82) is 0 Å². The van der Waals surface area contributed by atoms with E-state index >= 15 is 0 Å². The van der Waals surface area contributed by atoms with Crippen LogP contribution in [0.3, 0.4) is 0 Å². The maximum Gasteiger partial charge on any atom is 0.0488 e. The van der Waals surface area contributed by atoms with E-state index in [1.807, 2.05) is 13.1 Å². The SMILES string of the molecule is CNCc1ccc(-c2cscc2Br)c(Cl)c1. The van der Waals surface area contributed by atoms with Crippen molar-refractivity contribution in [2.75, 3.05) is 7.05 Å². The van der Waals surface area contributed by atoms with E-state index in [2.05, 4.69) is 44.1 Å². The predicted molar refractivity (Wildman–Crippen MR) is 75.2 cm³/mol. The van der Waals surface area contributed by atoms with Gasteiger partial charge in [-0.3, -0.25) is 0 Å². The first kappa shape index (κ1) is 12.1. The summed E-state index contributed by atoms with van der Waals surface area (Å²) in [5, 5.41) is 8.07. The third-order valence-corrected chi connectivity index (χ3v) is 4.33. The van der Waals surface area contributed by atoms with E-state index in [9.17, 15) is 0 Å². The van der Waals surface area contributed by atoms with Crippen LogP contribution in [0.5, 0.6) is 0 Å². The summed E-state index contributed by atoms with van der Waals surface area (Å²) >= 11 is 11.5. The second kappa shape index (κ2) is 5.32. The highest BCUT2D eigenvalue weighted by atomic mass is 79.9. The maximum atomic E-state index is 6.28. The van der Waals surface area contributed by atoms with Gasteiger partial charge in [-0.15, -0.1) is 0 Å². The molecule has 0 atom stereocenters. The van der Waals surface area contributed by atoms with Crippen LogP contribution in [0, 0.1) is 0 Å². The van der Waals surface area contributed by atoms with Gasteiger partial charge < -0.3 is 5.32 Å². The third kappa shape index (κ3) is 2.48. The van der Waals surface area contributed by atoms with Gasteiger partial charge in [-0.1, -0.05) is 23.7 Å². The number of hydrogen-bond donors (Lipinski definition) is 1. The Morgan fingerprint density at radius 1 is 1.31 bits per heavy atom. The Hall–Kier alpha value is -0.350. The number of nitrogens with one attached hydrogen (secondary N) is 1. The van der Waals surface area contributed by atoms with E-state index in [4.69, 9.17) is 11.6 Å². The molecule has 1 nitrogen and oxygen atoms in total. The minimum atomic E-state index is 0.798. The van der Waals surface area contributed by atoms with Gasteiger partial charge in [0.05, 0.1) is 0 Å². The molecule has 4 heteroatoms. The zero-order valence-corrected chi connectivity index (χ0v) is 11.9. The highest BCUT2D eigenvalue weighted by molar-refractivity contribution is 9.10. The zero-order valence-electron chi connectivity index (χ0n) is 8.76. The Kier molecular flexibility index (Phi) is 4.03. The lowest BCUT2D eigenvalue weighted by Crippen LogP contribution is -2.04. The number of thiophene rings is 1. The quantitative estimate of drug-likeness (QED) is 0.876. The van der Waals surface area contributed by atoms with Gasteiger partial charge in [-0.2, -0.15) is 11.3 Å². The molecule has 0 saturated heterocycles. The molecule has 0 unspecified atom stereocenters. The number of halogens is 2. The van der Waals surface area contributed by atoms with Crippen molar-refractivity contribution in [3.63, 3.8) is 0 Å². The molecule has 16 heavy (non-hydrogen) atoms. The number of benzene rings is 1. The molecule has 2 rings (SSSR count). The average Bonchev–Trinajstić information content (AvgIpc) is 2.65.